The minimum atomic E-state index is -0.294. The largest absolute Gasteiger partial charge is 0.369 e. The highest BCUT2D eigenvalue weighted by Crippen LogP contribution is 2.29. The zero-order valence-corrected chi connectivity index (χ0v) is 17.5. The minimum Gasteiger partial charge on any atom is -0.244 e. The smallest absolute Gasteiger partial charge is 0.244 e. The van der Waals surface area contributed by atoms with Crippen molar-refractivity contribution in [1.82, 2.24) is 19.6 Å². The van der Waals surface area contributed by atoms with E-state index in [1.807, 2.05) is 66.7 Å². The molecule has 0 fully saturated rings. The van der Waals surface area contributed by atoms with Crippen molar-refractivity contribution in [2.75, 3.05) is 0 Å². The molecule has 32 heavy (non-hydrogen) atoms. The van der Waals surface area contributed by atoms with Crippen molar-refractivity contribution >= 4 is 6.03 Å². The molecule has 5 aromatic rings. The van der Waals surface area contributed by atoms with Crippen LogP contribution in [0, 0.1) is 0 Å². The van der Waals surface area contributed by atoms with Crippen LogP contribution in [0.3, 0.4) is 0 Å². The van der Waals surface area contributed by atoms with Crippen molar-refractivity contribution in [2.45, 2.75) is 12.8 Å². The third kappa shape index (κ3) is 4.01. The summed E-state index contributed by atoms with van der Waals surface area (Å²) in [6, 6.07) is 31.9. The van der Waals surface area contributed by atoms with Crippen LogP contribution in [0.4, 0.5) is 4.79 Å². The average molecular weight is 419 g/mol. The van der Waals surface area contributed by atoms with Crippen LogP contribution in [0.15, 0.2) is 109 Å². The first kappa shape index (κ1) is 19.7. The van der Waals surface area contributed by atoms with E-state index in [2.05, 4.69) is 29.4 Å². The van der Waals surface area contributed by atoms with Crippen molar-refractivity contribution in [3.05, 3.63) is 132 Å². The van der Waals surface area contributed by atoms with E-state index < -0.39 is 0 Å². The summed E-state index contributed by atoms with van der Waals surface area (Å²) in [7, 11) is 0. The quantitative estimate of drug-likeness (QED) is 0.382. The Morgan fingerprint density at radius 3 is 1.91 bits per heavy atom. The lowest BCUT2D eigenvalue weighted by atomic mass is 9.96. The Kier molecular flexibility index (Phi) is 5.45. The Balaban J connectivity index is 1.71. The van der Waals surface area contributed by atoms with E-state index in [9.17, 15) is 4.79 Å². The van der Waals surface area contributed by atoms with Crippen LogP contribution < -0.4 is 0 Å². The van der Waals surface area contributed by atoms with Gasteiger partial charge >= 0.3 is 6.03 Å². The van der Waals surface area contributed by atoms with E-state index >= 15 is 0 Å². The van der Waals surface area contributed by atoms with Crippen LogP contribution in [0.1, 0.15) is 22.4 Å². The summed E-state index contributed by atoms with van der Waals surface area (Å²) in [4.78, 5) is 13.4. The summed E-state index contributed by atoms with van der Waals surface area (Å²) in [5.41, 5.74) is 6.02. The van der Waals surface area contributed by atoms with Crippen LogP contribution >= 0.6 is 0 Å². The second-order valence-electron chi connectivity index (χ2n) is 7.61. The maximum atomic E-state index is 13.4. The van der Waals surface area contributed by atoms with Gasteiger partial charge in [0.15, 0.2) is 0 Å². The van der Waals surface area contributed by atoms with Crippen LogP contribution in [0.2, 0.25) is 0 Å². The van der Waals surface area contributed by atoms with E-state index in [1.54, 1.807) is 18.5 Å². The molecular weight excluding hydrogens is 396 g/mol. The summed E-state index contributed by atoms with van der Waals surface area (Å²) in [6.07, 6.45) is 4.52. The number of nitrogens with zero attached hydrogens (tertiary/aromatic N) is 4. The van der Waals surface area contributed by atoms with Gasteiger partial charge in [-0.25, -0.2) is 4.79 Å². The van der Waals surface area contributed by atoms with Gasteiger partial charge in [-0.3, -0.25) is 0 Å². The van der Waals surface area contributed by atoms with Gasteiger partial charge in [-0.1, -0.05) is 91.0 Å². The van der Waals surface area contributed by atoms with Crippen LogP contribution in [0.5, 0.6) is 0 Å². The van der Waals surface area contributed by atoms with Crippen LogP contribution in [0.25, 0.3) is 11.3 Å². The fraction of sp³-hybridized carbons (Fsp3) is 0.0741. The Morgan fingerprint density at radius 1 is 0.719 bits per heavy atom. The standard InChI is InChI=1S/C27H22N4O/c32-27(30-18-10-17-28-30)31-25(20-22-13-6-2-7-14-22)24(19-21-11-4-1-5-12-21)26(29-31)23-15-8-3-9-16-23/h1-18H,19-20H2. The molecule has 156 valence electrons. The van der Waals surface area contributed by atoms with E-state index in [-0.39, 0.29) is 6.03 Å². The highest BCUT2D eigenvalue weighted by Gasteiger charge is 2.24. The number of hydrogen-bond donors (Lipinski definition) is 0. The third-order valence-corrected chi connectivity index (χ3v) is 5.46. The molecular formula is C27H22N4O. The normalized spacial score (nSPS) is 10.9. The predicted octanol–water partition coefficient (Wildman–Crippen LogP) is 5.44. The number of carbonyl (C=O) groups is 1. The van der Waals surface area contributed by atoms with Crippen molar-refractivity contribution < 1.29 is 4.79 Å². The molecule has 0 amide bonds. The van der Waals surface area contributed by atoms with Gasteiger partial charge in [-0.15, -0.1) is 0 Å². The number of rotatable bonds is 5. The second-order valence-corrected chi connectivity index (χ2v) is 7.61. The number of carbonyl (C=O) groups excluding carboxylic acids is 1. The molecule has 0 N–H and O–H groups in total. The molecule has 5 heteroatoms. The lowest BCUT2D eigenvalue weighted by molar-refractivity contribution is 0.237. The van der Waals surface area contributed by atoms with Crippen LogP contribution in [-0.2, 0) is 12.8 Å². The molecule has 0 unspecified atom stereocenters. The van der Waals surface area contributed by atoms with Crippen molar-refractivity contribution in [3.8, 4) is 11.3 Å². The lowest BCUT2D eigenvalue weighted by Crippen LogP contribution is -2.23. The third-order valence-electron chi connectivity index (χ3n) is 5.46. The highest BCUT2D eigenvalue weighted by molar-refractivity contribution is 5.80. The Hall–Kier alpha value is -4.25. The monoisotopic (exact) mass is 418 g/mol. The summed E-state index contributed by atoms with van der Waals surface area (Å²) < 4.78 is 2.84. The zero-order valence-electron chi connectivity index (χ0n) is 17.5. The predicted molar refractivity (Wildman–Crippen MR) is 125 cm³/mol. The maximum Gasteiger partial charge on any atom is 0.369 e. The molecule has 0 aliphatic carbocycles. The van der Waals surface area contributed by atoms with Crippen molar-refractivity contribution in [1.29, 1.82) is 0 Å². The van der Waals surface area contributed by atoms with E-state index in [0.29, 0.717) is 12.8 Å². The summed E-state index contributed by atoms with van der Waals surface area (Å²) >= 11 is 0. The first-order chi connectivity index (χ1) is 15.8. The van der Waals surface area contributed by atoms with Gasteiger partial charge in [0.05, 0.1) is 11.4 Å². The SMILES string of the molecule is O=C(n1cccn1)n1nc(-c2ccccc2)c(Cc2ccccc2)c1Cc1ccccc1. The topological polar surface area (TPSA) is 52.7 Å². The molecule has 0 aliphatic heterocycles. The van der Waals surface area contributed by atoms with Gasteiger partial charge in [-0.05, 0) is 17.2 Å². The molecule has 5 rings (SSSR count). The molecule has 5 nitrogen and oxygen atoms in total. The van der Waals surface area contributed by atoms with Gasteiger partial charge in [-0.2, -0.15) is 19.6 Å². The second kappa shape index (κ2) is 8.86. The highest BCUT2D eigenvalue weighted by atomic mass is 16.2. The number of benzene rings is 3. The van der Waals surface area contributed by atoms with E-state index in [1.165, 1.54) is 14.9 Å². The van der Waals surface area contributed by atoms with Crippen molar-refractivity contribution in [2.24, 2.45) is 0 Å². The first-order valence-corrected chi connectivity index (χ1v) is 10.6. The molecule has 0 saturated heterocycles. The molecule has 0 atom stereocenters. The Labute approximate surface area is 186 Å². The Morgan fingerprint density at radius 2 is 1.31 bits per heavy atom. The van der Waals surface area contributed by atoms with E-state index in [0.717, 1.165) is 28.1 Å². The zero-order chi connectivity index (χ0) is 21.8. The van der Waals surface area contributed by atoms with Gasteiger partial charge < -0.3 is 0 Å². The number of aromatic nitrogens is 4. The Bertz CT molecular complexity index is 1310. The minimum absolute atomic E-state index is 0.294. The van der Waals surface area contributed by atoms with Gasteiger partial charge in [0.2, 0.25) is 0 Å². The van der Waals surface area contributed by atoms with Gasteiger partial charge in [0.25, 0.3) is 0 Å². The summed E-state index contributed by atoms with van der Waals surface area (Å²) in [5, 5.41) is 8.98. The van der Waals surface area contributed by atoms with Crippen molar-refractivity contribution in [3.63, 3.8) is 0 Å². The van der Waals surface area contributed by atoms with E-state index in [4.69, 9.17) is 5.10 Å². The maximum absolute atomic E-state index is 13.4. The van der Waals surface area contributed by atoms with Crippen LogP contribution in [-0.4, -0.2) is 25.6 Å². The molecule has 0 bridgehead atoms. The summed E-state index contributed by atoms with van der Waals surface area (Å²) in [5.74, 6) is 0. The molecule has 0 radical (unpaired) electrons. The van der Waals surface area contributed by atoms with Gasteiger partial charge in [0.1, 0.15) is 0 Å². The fourth-order valence-electron chi connectivity index (χ4n) is 3.91. The molecule has 0 spiro atoms. The molecule has 2 aromatic heterocycles. The molecule has 2 heterocycles. The summed E-state index contributed by atoms with van der Waals surface area (Å²) in [6.45, 7) is 0. The lowest BCUT2D eigenvalue weighted by Gasteiger charge is -2.10. The van der Waals surface area contributed by atoms with Gasteiger partial charge in [0, 0.05) is 36.4 Å². The first-order valence-electron chi connectivity index (χ1n) is 10.6. The molecule has 0 aliphatic rings. The number of hydrogen-bond acceptors (Lipinski definition) is 3. The molecule has 0 saturated carbocycles. The fourth-order valence-corrected chi connectivity index (χ4v) is 3.91. The average Bonchev–Trinajstić information content (AvgIpc) is 3.50. The molecule has 3 aromatic carbocycles.